The van der Waals surface area contributed by atoms with Crippen molar-refractivity contribution in [2.75, 3.05) is 20.1 Å². The zero-order valence-corrected chi connectivity index (χ0v) is 13.1. The Bertz CT molecular complexity index is 399. The smallest absolute Gasteiger partial charge is 0.249 e. The molecule has 0 aliphatic carbocycles. The lowest BCUT2D eigenvalue weighted by Gasteiger charge is -2.49. The maximum atomic E-state index is 12.9. The molecule has 2 saturated heterocycles. The van der Waals surface area contributed by atoms with E-state index in [2.05, 4.69) is 17.3 Å². The van der Waals surface area contributed by atoms with Crippen LogP contribution in [0.4, 0.5) is 0 Å². The van der Waals surface area contributed by atoms with E-state index in [1.807, 2.05) is 25.7 Å². The van der Waals surface area contributed by atoms with Gasteiger partial charge in [0.25, 0.3) is 0 Å². The Balaban J connectivity index is 2.29. The molecule has 0 aromatic carbocycles. The number of carbonyl (C=O) groups excluding carboxylic acids is 2. The third-order valence-electron chi connectivity index (χ3n) is 4.83. The van der Waals surface area contributed by atoms with Gasteiger partial charge >= 0.3 is 0 Å². The molecule has 2 amide bonds. The van der Waals surface area contributed by atoms with E-state index in [0.29, 0.717) is 12.8 Å². The molecular formula is C15H27N3O2. The fourth-order valence-corrected chi connectivity index (χ4v) is 3.37. The molecule has 0 spiro atoms. The molecule has 0 bridgehead atoms. The van der Waals surface area contributed by atoms with Crippen molar-refractivity contribution in [2.24, 2.45) is 0 Å². The second kappa shape index (κ2) is 5.72. The quantitative estimate of drug-likeness (QED) is 0.839. The summed E-state index contributed by atoms with van der Waals surface area (Å²) in [6, 6.07) is -0.137. The Morgan fingerprint density at radius 1 is 1.35 bits per heavy atom. The summed E-state index contributed by atoms with van der Waals surface area (Å²) in [6.45, 7) is 7.72. The molecule has 114 valence electrons. The van der Waals surface area contributed by atoms with Crippen LogP contribution in [0, 0.1) is 0 Å². The van der Waals surface area contributed by atoms with E-state index in [4.69, 9.17) is 0 Å². The van der Waals surface area contributed by atoms with Gasteiger partial charge in [0.05, 0.1) is 0 Å². The maximum absolute atomic E-state index is 12.9. The van der Waals surface area contributed by atoms with E-state index in [1.54, 1.807) is 0 Å². The van der Waals surface area contributed by atoms with Gasteiger partial charge in [0, 0.05) is 12.6 Å². The van der Waals surface area contributed by atoms with Gasteiger partial charge in [0.15, 0.2) is 0 Å². The molecule has 0 radical (unpaired) electrons. The predicted octanol–water partition coefficient (Wildman–Crippen LogP) is 0.986. The van der Waals surface area contributed by atoms with Crippen LogP contribution < -0.4 is 5.32 Å². The molecule has 20 heavy (non-hydrogen) atoms. The molecule has 5 nitrogen and oxygen atoms in total. The van der Waals surface area contributed by atoms with Crippen LogP contribution in [0.2, 0.25) is 0 Å². The van der Waals surface area contributed by atoms with Crippen LogP contribution >= 0.6 is 0 Å². The minimum atomic E-state index is -0.737. The van der Waals surface area contributed by atoms with Gasteiger partial charge in [-0.3, -0.25) is 9.59 Å². The number of nitrogens with one attached hydrogen (secondary N) is 1. The molecule has 2 rings (SSSR count). The molecule has 5 heteroatoms. The number of hydrogen-bond acceptors (Lipinski definition) is 3. The van der Waals surface area contributed by atoms with Gasteiger partial charge in [-0.2, -0.15) is 0 Å². The second-order valence-electron chi connectivity index (χ2n) is 6.37. The maximum Gasteiger partial charge on any atom is 0.249 e. The van der Waals surface area contributed by atoms with Crippen LogP contribution in [0.15, 0.2) is 0 Å². The molecule has 0 saturated carbocycles. The van der Waals surface area contributed by atoms with Gasteiger partial charge < -0.3 is 15.1 Å². The third kappa shape index (κ3) is 2.55. The van der Waals surface area contributed by atoms with E-state index >= 15 is 0 Å². The van der Waals surface area contributed by atoms with Gasteiger partial charge in [0.1, 0.15) is 11.6 Å². The highest BCUT2D eigenvalue weighted by Gasteiger charge is 2.48. The normalized spacial score (nSPS) is 36.1. The molecule has 2 heterocycles. The fourth-order valence-electron chi connectivity index (χ4n) is 3.37. The largest absolute Gasteiger partial charge is 0.340 e. The summed E-state index contributed by atoms with van der Waals surface area (Å²) in [6.07, 6.45) is 3.40. The number of piperidine rings is 1. The van der Waals surface area contributed by atoms with Gasteiger partial charge in [-0.05, 0) is 46.2 Å². The lowest BCUT2D eigenvalue weighted by molar-refractivity contribution is -0.158. The van der Waals surface area contributed by atoms with Crippen molar-refractivity contribution >= 4 is 11.8 Å². The average Bonchev–Trinajstić information content (AvgIpc) is 2.42. The molecule has 0 aromatic rings. The first-order valence-electron chi connectivity index (χ1n) is 7.76. The Hall–Kier alpha value is -1.10. The number of likely N-dealkylation sites (tertiary alicyclic amines) is 1. The highest BCUT2D eigenvalue weighted by molar-refractivity contribution is 5.99. The van der Waals surface area contributed by atoms with Crippen LogP contribution in [0.3, 0.4) is 0 Å². The van der Waals surface area contributed by atoms with Crippen molar-refractivity contribution in [3.63, 3.8) is 0 Å². The highest BCUT2D eigenvalue weighted by atomic mass is 16.2. The van der Waals surface area contributed by atoms with Crippen molar-refractivity contribution in [3.8, 4) is 0 Å². The Morgan fingerprint density at radius 3 is 2.60 bits per heavy atom. The molecule has 0 aromatic heterocycles. The second-order valence-corrected chi connectivity index (χ2v) is 6.37. The number of piperazine rings is 1. The lowest BCUT2D eigenvalue weighted by Crippen LogP contribution is -2.71. The Labute approximate surface area is 121 Å². The molecule has 2 aliphatic rings. The number of nitrogens with zero attached hydrogens (tertiary/aromatic N) is 2. The molecule has 2 fully saturated rings. The zero-order valence-electron chi connectivity index (χ0n) is 13.1. The van der Waals surface area contributed by atoms with Gasteiger partial charge in [-0.15, -0.1) is 0 Å². The van der Waals surface area contributed by atoms with Crippen molar-refractivity contribution in [1.29, 1.82) is 0 Å². The van der Waals surface area contributed by atoms with Crippen LogP contribution in [0.25, 0.3) is 0 Å². The summed E-state index contributed by atoms with van der Waals surface area (Å²) in [4.78, 5) is 29.4. The number of carbonyl (C=O) groups is 2. The number of hydrogen-bond donors (Lipinski definition) is 1. The molecule has 1 N–H and O–H groups in total. The summed E-state index contributed by atoms with van der Waals surface area (Å²) in [5, 5.41) is 2.93. The molecule has 2 aliphatic heterocycles. The average molecular weight is 281 g/mol. The highest BCUT2D eigenvalue weighted by Crippen LogP contribution is 2.28. The lowest BCUT2D eigenvalue weighted by atomic mass is 9.88. The topological polar surface area (TPSA) is 52.7 Å². The van der Waals surface area contributed by atoms with Crippen molar-refractivity contribution in [3.05, 3.63) is 0 Å². The van der Waals surface area contributed by atoms with Crippen molar-refractivity contribution in [1.82, 2.24) is 15.1 Å². The number of likely N-dealkylation sites (N-methyl/N-ethyl adjacent to an activating group) is 1. The summed E-state index contributed by atoms with van der Waals surface area (Å²) in [7, 11) is 2.08. The van der Waals surface area contributed by atoms with Gasteiger partial charge in [0.2, 0.25) is 11.8 Å². The molecule has 3 atom stereocenters. The number of rotatable bonds is 3. The Kier molecular flexibility index (Phi) is 4.37. The van der Waals surface area contributed by atoms with Gasteiger partial charge in [-0.25, -0.2) is 0 Å². The zero-order chi connectivity index (χ0) is 14.9. The minimum absolute atomic E-state index is 0.00433. The summed E-state index contributed by atoms with van der Waals surface area (Å²) in [5.41, 5.74) is -0.737. The van der Waals surface area contributed by atoms with Crippen LogP contribution in [0.1, 0.15) is 46.5 Å². The molecule has 3 unspecified atom stereocenters. The molecular weight excluding hydrogens is 254 g/mol. The van der Waals surface area contributed by atoms with Crippen LogP contribution in [0.5, 0.6) is 0 Å². The SMILES string of the molecule is CCC1C(=O)NC(C)(CC)C(=O)N1C1CCCN(C)C1. The summed E-state index contributed by atoms with van der Waals surface area (Å²) < 4.78 is 0. The number of amides is 2. The standard InChI is InChI=1S/C15H27N3O2/c1-5-12-13(19)16-15(3,6-2)14(20)18(12)11-8-7-9-17(4)10-11/h11-12H,5-10H2,1-4H3,(H,16,19). The van der Waals surface area contributed by atoms with Crippen LogP contribution in [-0.2, 0) is 9.59 Å². The van der Waals surface area contributed by atoms with Crippen molar-refractivity contribution in [2.45, 2.75) is 64.1 Å². The van der Waals surface area contributed by atoms with Gasteiger partial charge in [-0.1, -0.05) is 13.8 Å². The Morgan fingerprint density at radius 2 is 2.05 bits per heavy atom. The van der Waals surface area contributed by atoms with E-state index in [0.717, 1.165) is 25.9 Å². The predicted molar refractivity (Wildman–Crippen MR) is 78.3 cm³/mol. The van der Waals surface area contributed by atoms with E-state index in [-0.39, 0.29) is 23.9 Å². The van der Waals surface area contributed by atoms with E-state index < -0.39 is 5.54 Å². The van der Waals surface area contributed by atoms with E-state index in [1.165, 1.54) is 0 Å². The monoisotopic (exact) mass is 281 g/mol. The first-order chi connectivity index (χ1) is 9.42. The van der Waals surface area contributed by atoms with E-state index in [9.17, 15) is 9.59 Å². The third-order valence-corrected chi connectivity index (χ3v) is 4.83. The first-order valence-corrected chi connectivity index (χ1v) is 7.76. The summed E-state index contributed by atoms with van der Waals surface area (Å²) in [5.74, 6) is 0.0939. The van der Waals surface area contributed by atoms with Crippen LogP contribution in [-0.4, -0.2) is 59.4 Å². The first kappa shape index (κ1) is 15.3. The summed E-state index contributed by atoms with van der Waals surface area (Å²) >= 11 is 0. The fraction of sp³-hybridized carbons (Fsp3) is 0.867. The minimum Gasteiger partial charge on any atom is -0.340 e. The van der Waals surface area contributed by atoms with Crippen molar-refractivity contribution < 1.29 is 9.59 Å².